The van der Waals surface area contributed by atoms with Gasteiger partial charge < -0.3 is 20.5 Å². The number of halogens is 2. The number of aryl methyl sites for hydroxylation is 1. The van der Waals surface area contributed by atoms with E-state index in [0.29, 0.717) is 17.2 Å². The first-order valence-electron chi connectivity index (χ1n) is 10.3. The molecule has 0 bridgehead atoms. The van der Waals surface area contributed by atoms with Gasteiger partial charge in [-0.1, -0.05) is 6.07 Å². The van der Waals surface area contributed by atoms with Gasteiger partial charge in [-0.3, -0.25) is 9.59 Å². The average molecular weight is 442 g/mol. The quantitative estimate of drug-likeness (QED) is 0.562. The van der Waals surface area contributed by atoms with Gasteiger partial charge in [-0.05, 0) is 31.0 Å². The summed E-state index contributed by atoms with van der Waals surface area (Å²) in [5.41, 5.74) is 1.55. The molecule has 3 aromatic heterocycles. The number of carbonyl (C=O) groups excluding carboxylic acids is 2. The number of pyridine rings is 2. The largest absolute Gasteiger partial charge is 0.361 e. The van der Waals surface area contributed by atoms with Gasteiger partial charge in [0.05, 0.1) is 12.1 Å². The second-order valence-corrected chi connectivity index (χ2v) is 8.04. The molecule has 1 fully saturated rings. The minimum absolute atomic E-state index is 0.0847. The van der Waals surface area contributed by atoms with Crippen LogP contribution in [0.25, 0.3) is 10.9 Å². The molecule has 0 radical (unpaired) electrons. The van der Waals surface area contributed by atoms with Crippen LogP contribution < -0.4 is 10.6 Å². The second-order valence-electron chi connectivity index (χ2n) is 8.04. The normalized spacial score (nSPS) is 17.9. The van der Waals surface area contributed by atoms with Crippen molar-refractivity contribution in [1.29, 1.82) is 0 Å². The van der Waals surface area contributed by atoms with Crippen molar-refractivity contribution < 1.29 is 18.4 Å². The molecule has 1 unspecified atom stereocenters. The lowest BCUT2D eigenvalue weighted by Crippen LogP contribution is -2.55. The molecule has 2 amide bonds. The van der Waals surface area contributed by atoms with Crippen LogP contribution in [0, 0.1) is 6.92 Å². The number of aromatic amines is 1. The zero-order valence-electron chi connectivity index (χ0n) is 17.8. The maximum atomic E-state index is 14.1. The van der Waals surface area contributed by atoms with Crippen molar-refractivity contribution in [3.05, 3.63) is 47.9 Å². The molecule has 1 aliphatic rings. The van der Waals surface area contributed by atoms with Gasteiger partial charge in [0.15, 0.2) is 0 Å². The van der Waals surface area contributed by atoms with Crippen LogP contribution in [-0.4, -0.2) is 56.7 Å². The van der Waals surface area contributed by atoms with E-state index in [9.17, 15) is 18.4 Å². The van der Waals surface area contributed by atoms with Crippen LogP contribution in [0.5, 0.6) is 0 Å². The molecule has 1 saturated heterocycles. The van der Waals surface area contributed by atoms with Gasteiger partial charge in [0.1, 0.15) is 17.3 Å². The van der Waals surface area contributed by atoms with E-state index in [2.05, 4.69) is 25.6 Å². The van der Waals surface area contributed by atoms with Crippen LogP contribution in [0.3, 0.4) is 0 Å². The van der Waals surface area contributed by atoms with Crippen molar-refractivity contribution in [1.82, 2.24) is 25.2 Å². The number of likely N-dealkylation sites (tertiary alicyclic amines) is 1. The summed E-state index contributed by atoms with van der Waals surface area (Å²) in [7, 11) is 0. The van der Waals surface area contributed by atoms with Crippen molar-refractivity contribution in [2.75, 3.05) is 18.4 Å². The average Bonchev–Trinajstić information content (AvgIpc) is 3.21. The Balaban J connectivity index is 1.59. The molecule has 0 aliphatic carbocycles. The fourth-order valence-corrected chi connectivity index (χ4v) is 3.80. The van der Waals surface area contributed by atoms with Gasteiger partial charge in [0.2, 0.25) is 5.91 Å². The highest BCUT2D eigenvalue weighted by Gasteiger charge is 2.42. The molecule has 10 heteroatoms. The van der Waals surface area contributed by atoms with Gasteiger partial charge in [-0.2, -0.15) is 0 Å². The lowest BCUT2D eigenvalue weighted by Gasteiger charge is -2.39. The SMILES string of the molecule is CC(=O)NCC1CCC(F)(F)CN1C(=O)c1nc(Nc2cc3[nH]ccc3cn2)ccc1C. The number of nitrogens with zero attached hydrogens (tertiary/aromatic N) is 3. The number of H-pyrrole nitrogens is 1. The molecule has 8 nitrogen and oxygen atoms in total. The van der Waals surface area contributed by atoms with Crippen LogP contribution in [0.4, 0.5) is 20.4 Å². The molecule has 3 N–H and O–H groups in total. The predicted octanol–water partition coefficient (Wildman–Crippen LogP) is 3.39. The van der Waals surface area contributed by atoms with Crippen LogP contribution >= 0.6 is 0 Å². The monoisotopic (exact) mass is 442 g/mol. The van der Waals surface area contributed by atoms with Gasteiger partial charge in [0, 0.05) is 49.8 Å². The Labute approximate surface area is 183 Å². The number of aromatic nitrogens is 3. The summed E-state index contributed by atoms with van der Waals surface area (Å²) in [5.74, 6) is -2.95. The number of anilines is 2. The molecule has 0 spiro atoms. The third kappa shape index (κ3) is 4.68. The Kier molecular flexibility index (Phi) is 5.77. The van der Waals surface area contributed by atoms with Gasteiger partial charge >= 0.3 is 0 Å². The summed E-state index contributed by atoms with van der Waals surface area (Å²) >= 11 is 0. The van der Waals surface area contributed by atoms with Crippen LogP contribution in [-0.2, 0) is 4.79 Å². The Hall–Kier alpha value is -3.56. The molecule has 4 rings (SSSR count). The number of amides is 2. The number of fused-ring (bicyclic) bond motifs is 1. The van der Waals surface area contributed by atoms with E-state index in [1.54, 1.807) is 25.3 Å². The first-order chi connectivity index (χ1) is 15.2. The van der Waals surface area contributed by atoms with Crippen LogP contribution in [0.15, 0.2) is 36.7 Å². The van der Waals surface area contributed by atoms with Gasteiger partial charge in [0.25, 0.3) is 11.8 Å². The zero-order valence-corrected chi connectivity index (χ0v) is 17.8. The molecular weight excluding hydrogens is 418 g/mol. The van der Waals surface area contributed by atoms with Crippen molar-refractivity contribution in [3.8, 4) is 0 Å². The van der Waals surface area contributed by atoms with E-state index in [4.69, 9.17) is 0 Å². The topological polar surface area (TPSA) is 103 Å². The Morgan fingerprint density at radius 1 is 1.28 bits per heavy atom. The smallest absolute Gasteiger partial charge is 0.273 e. The lowest BCUT2D eigenvalue weighted by molar-refractivity contribution is -0.119. The number of piperidine rings is 1. The molecule has 1 atom stereocenters. The maximum absolute atomic E-state index is 14.1. The summed E-state index contributed by atoms with van der Waals surface area (Å²) in [6, 6.07) is 6.60. The highest BCUT2D eigenvalue weighted by Crippen LogP contribution is 2.31. The number of carbonyl (C=O) groups is 2. The summed E-state index contributed by atoms with van der Waals surface area (Å²) in [6.45, 7) is 2.47. The predicted molar refractivity (Wildman–Crippen MR) is 116 cm³/mol. The third-order valence-corrected chi connectivity index (χ3v) is 5.53. The molecule has 4 heterocycles. The van der Waals surface area contributed by atoms with E-state index in [-0.39, 0.29) is 31.0 Å². The van der Waals surface area contributed by atoms with Crippen molar-refractivity contribution in [2.24, 2.45) is 0 Å². The number of hydrogen-bond donors (Lipinski definition) is 3. The van der Waals surface area contributed by atoms with E-state index in [0.717, 1.165) is 15.8 Å². The van der Waals surface area contributed by atoms with E-state index < -0.39 is 24.4 Å². The molecule has 0 aromatic carbocycles. The Morgan fingerprint density at radius 2 is 2.09 bits per heavy atom. The summed E-state index contributed by atoms with van der Waals surface area (Å²) in [5, 5.41) is 6.65. The second kappa shape index (κ2) is 8.52. The fraction of sp³-hybridized carbons (Fsp3) is 0.364. The van der Waals surface area contributed by atoms with Crippen molar-refractivity contribution >= 4 is 34.4 Å². The maximum Gasteiger partial charge on any atom is 0.273 e. The van der Waals surface area contributed by atoms with Gasteiger partial charge in [-0.25, -0.2) is 18.7 Å². The fourth-order valence-electron chi connectivity index (χ4n) is 3.80. The molecule has 168 valence electrons. The number of nitrogens with one attached hydrogen (secondary N) is 3. The van der Waals surface area contributed by atoms with Gasteiger partial charge in [-0.15, -0.1) is 0 Å². The summed E-state index contributed by atoms with van der Waals surface area (Å²) in [4.78, 5) is 37.5. The minimum atomic E-state index is -2.98. The van der Waals surface area contributed by atoms with Crippen LogP contribution in [0.1, 0.15) is 35.8 Å². The minimum Gasteiger partial charge on any atom is -0.361 e. The van der Waals surface area contributed by atoms with E-state index >= 15 is 0 Å². The number of hydrogen-bond acceptors (Lipinski definition) is 5. The number of rotatable bonds is 5. The highest BCUT2D eigenvalue weighted by molar-refractivity contribution is 5.94. The molecular formula is C22H24F2N6O2. The number of alkyl halides is 2. The van der Waals surface area contributed by atoms with Crippen LogP contribution in [0.2, 0.25) is 0 Å². The molecule has 0 saturated carbocycles. The summed E-state index contributed by atoms with van der Waals surface area (Å²) in [6.07, 6.45) is 3.28. The van der Waals surface area contributed by atoms with Crippen molar-refractivity contribution in [3.63, 3.8) is 0 Å². The lowest BCUT2D eigenvalue weighted by atomic mass is 9.98. The molecule has 1 aliphatic heterocycles. The van der Waals surface area contributed by atoms with Crippen molar-refractivity contribution in [2.45, 2.75) is 38.7 Å². The standard InChI is InChI=1S/C22H24F2N6O2/c1-13-3-4-18(28-19-9-17-15(10-27-19)6-8-25-17)29-20(13)21(32)30-12-22(23,24)7-5-16(30)11-26-14(2)31/h3-4,6,8-10,16,25H,5,7,11-12H2,1-2H3,(H,26,31)(H,27,28,29). The van der Waals surface area contributed by atoms with E-state index in [1.807, 2.05) is 18.3 Å². The Bertz CT molecular complexity index is 1160. The zero-order chi connectivity index (χ0) is 22.9. The molecule has 32 heavy (non-hydrogen) atoms. The third-order valence-electron chi connectivity index (χ3n) is 5.53. The Morgan fingerprint density at radius 3 is 2.88 bits per heavy atom. The first kappa shape index (κ1) is 21.7. The first-order valence-corrected chi connectivity index (χ1v) is 10.3. The summed E-state index contributed by atoms with van der Waals surface area (Å²) < 4.78 is 28.3. The highest BCUT2D eigenvalue weighted by atomic mass is 19.3. The molecule has 3 aromatic rings. The van der Waals surface area contributed by atoms with E-state index in [1.165, 1.54) is 6.92 Å².